The van der Waals surface area contributed by atoms with Gasteiger partial charge in [0.05, 0.1) is 36.6 Å². The fourth-order valence-corrected chi connectivity index (χ4v) is 5.46. The Hall–Kier alpha value is -3.98. The molecule has 2 saturated carbocycles. The third kappa shape index (κ3) is 8.81. The topological polar surface area (TPSA) is 111 Å². The summed E-state index contributed by atoms with van der Waals surface area (Å²) in [5, 5.41) is 9.86. The number of rotatable bonds is 12. The fourth-order valence-electron chi connectivity index (χ4n) is 5.46. The number of carbonyl (C=O) groups is 2. The standard InChI is InChI=1S/C29H31F7N6O3/c30-22(31)15-45-19-6-10-37-20(12-19)27(44)41-26(17-3-7-28(32,33)8-4-17)21-14-42-23(39-21)11-18(13-38-42)25(16-1-2-16)40-24(43)5-9-29(34,35)36/h6,10-14,16-17,22,25-26H,1-5,7-9,15H2,(H,40,43)(H,41,44)/t25-,26+/m1/s1. The molecule has 16 heteroatoms. The molecule has 2 atom stereocenters. The number of halogens is 7. The van der Waals surface area contributed by atoms with Gasteiger partial charge in [0.2, 0.25) is 11.8 Å². The van der Waals surface area contributed by atoms with Gasteiger partial charge in [-0.25, -0.2) is 27.1 Å². The maximum Gasteiger partial charge on any atom is 0.389 e. The minimum absolute atomic E-state index is 0.00415. The fraction of sp³-hybridized carbons (Fsp3) is 0.552. The number of fused-ring (bicyclic) bond motifs is 1. The van der Waals surface area contributed by atoms with Crippen molar-refractivity contribution in [2.24, 2.45) is 11.8 Å². The third-order valence-corrected chi connectivity index (χ3v) is 7.94. The Balaban J connectivity index is 1.38. The van der Waals surface area contributed by atoms with Gasteiger partial charge in [0.15, 0.2) is 5.65 Å². The van der Waals surface area contributed by atoms with E-state index < -0.39 is 67.8 Å². The number of aromatic nitrogens is 4. The largest absolute Gasteiger partial charge is 0.488 e. The van der Waals surface area contributed by atoms with Crippen molar-refractivity contribution >= 4 is 17.5 Å². The minimum atomic E-state index is -4.46. The van der Waals surface area contributed by atoms with Crippen molar-refractivity contribution < 1.29 is 45.1 Å². The summed E-state index contributed by atoms with van der Waals surface area (Å²) in [6.07, 6.45) is -3.91. The summed E-state index contributed by atoms with van der Waals surface area (Å²) in [5.41, 5.74) is 1.06. The first-order chi connectivity index (χ1) is 21.3. The molecule has 2 fully saturated rings. The number of ether oxygens (including phenoxy) is 1. The molecule has 3 aromatic rings. The van der Waals surface area contributed by atoms with Gasteiger partial charge in [-0.15, -0.1) is 0 Å². The van der Waals surface area contributed by atoms with E-state index in [2.05, 4.69) is 25.7 Å². The van der Waals surface area contributed by atoms with Crippen molar-refractivity contribution in [1.29, 1.82) is 0 Å². The van der Waals surface area contributed by atoms with Gasteiger partial charge in [0.1, 0.15) is 18.1 Å². The van der Waals surface area contributed by atoms with Crippen molar-refractivity contribution in [3.8, 4) is 5.75 Å². The number of amides is 2. The predicted molar refractivity (Wildman–Crippen MR) is 145 cm³/mol. The van der Waals surface area contributed by atoms with Crippen LogP contribution in [-0.2, 0) is 4.79 Å². The lowest BCUT2D eigenvalue weighted by atomic mass is 9.81. The highest BCUT2D eigenvalue weighted by Crippen LogP contribution is 2.43. The van der Waals surface area contributed by atoms with Crippen LogP contribution in [0.3, 0.4) is 0 Å². The van der Waals surface area contributed by atoms with Crippen molar-refractivity contribution in [2.45, 2.75) is 82.0 Å². The number of pyridine rings is 1. The van der Waals surface area contributed by atoms with Gasteiger partial charge in [-0.3, -0.25) is 14.6 Å². The van der Waals surface area contributed by atoms with Crippen LogP contribution in [0.25, 0.3) is 5.65 Å². The molecule has 9 nitrogen and oxygen atoms in total. The Morgan fingerprint density at radius 3 is 2.42 bits per heavy atom. The lowest BCUT2D eigenvalue weighted by Gasteiger charge is -2.33. The molecule has 2 aliphatic carbocycles. The van der Waals surface area contributed by atoms with Crippen LogP contribution in [0.4, 0.5) is 30.7 Å². The van der Waals surface area contributed by atoms with E-state index in [0.29, 0.717) is 16.9 Å². The highest BCUT2D eigenvalue weighted by Gasteiger charge is 2.40. The van der Waals surface area contributed by atoms with Crippen molar-refractivity contribution in [1.82, 2.24) is 30.2 Å². The van der Waals surface area contributed by atoms with E-state index in [1.165, 1.54) is 29.0 Å². The second-order valence-corrected chi connectivity index (χ2v) is 11.5. The van der Waals surface area contributed by atoms with Gasteiger partial charge in [0, 0.05) is 31.5 Å². The highest BCUT2D eigenvalue weighted by atomic mass is 19.4. The molecule has 0 aliphatic heterocycles. The Bertz CT molecular complexity index is 1500. The second kappa shape index (κ2) is 13.2. The first-order valence-electron chi connectivity index (χ1n) is 14.5. The van der Waals surface area contributed by atoms with Crippen molar-refractivity contribution in [2.75, 3.05) is 6.61 Å². The summed E-state index contributed by atoms with van der Waals surface area (Å²) >= 11 is 0. The number of hydrogen-bond donors (Lipinski definition) is 2. The Kier molecular flexibility index (Phi) is 9.49. The molecular formula is C29H31F7N6O3. The Labute approximate surface area is 252 Å². The quantitative estimate of drug-likeness (QED) is 0.235. The zero-order chi connectivity index (χ0) is 32.4. The molecule has 0 radical (unpaired) electrons. The van der Waals surface area contributed by atoms with Crippen LogP contribution in [0.5, 0.6) is 5.75 Å². The van der Waals surface area contributed by atoms with Crippen LogP contribution in [0.1, 0.15) is 85.2 Å². The summed E-state index contributed by atoms with van der Waals surface area (Å²) in [5.74, 6) is -4.65. The maximum atomic E-state index is 14.0. The monoisotopic (exact) mass is 644 g/mol. The zero-order valence-corrected chi connectivity index (χ0v) is 23.9. The predicted octanol–water partition coefficient (Wildman–Crippen LogP) is 5.97. The summed E-state index contributed by atoms with van der Waals surface area (Å²) in [4.78, 5) is 34.2. The number of alkyl halides is 7. The number of nitrogens with one attached hydrogen (secondary N) is 2. The van der Waals surface area contributed by atoms with E-state index >= 15 is 0 Å². The van der Waals surface area contributed by atoms with Crippen molar-refractivity contribution in [3.63, 3.8) is 0 Å². The van der Waals surface area contributed by atoms with E-state index in [9.17, 15) is 40.3 Å². The van der Waals surface area contributed by atoms with Gasteiger partial charge in [-0.05, 0) is 55.2 Å². The third-order valence-electron chi connectivity index (χ3n) is 7.94. The summed E-state index contributed by atoms with van der Waals surface area (Å²) in [6.45, 7) is -0.876. The lowest BCUT2D eigenvalue weighted by Crippen LogP contribution is -2.37. The molecule has 3 heterocycles. The van der Waals surface area contributed by atoms with Crippen LogP contribution >= 0.6 is 0 Å². The van der Waals surface area contributed by atoms with E-state index in [0.717, 1.165) is 12.8 Å². The highest BCUT2D eigenvalue weighted by molar-refractivity contribution is 5.92. The molecule has 0 aromatic carbocycles. The summed E-state index contributed by atoms with van der Waals surface area (Å²) in [7, 11) is 0. The molecule has 0 saturated heterocycles. The van der Waals surface area contributed by atoms with E-state index in [1.807, 2.05) is 0 Å². The Morgan fingerprint density at radius 2 is 1.76 bits per heavy atom. The van der Waals surface area contributed by atoms with Crippen LogP contribution < -0.4 is 15.4 Å². The van der Waals surface area contributed by atoms with Crippen molar-refractivity contribution in [3.05, 3.63) is 53.7 Å². The molecule has 0 unspecified atom stereocenters. The van der Waals surface area contributed by atoms with Gasteiger partial charge in [0.25, 0.3) is 12.3 Å². The summed E-state index contributed by atoms with van der Waals surface area (Å²) in [6, 6.07) is 2.75. The minimum Gasteiger partial charge on any atom is -0.488 e. The van der Waals surface area contributed by atoms with Crippen LogP contribution in [0.2, 0.25) is 0 Å². The molecule has 2 aliphatic rings. The SMILES string of the molecule is O=C(CCC(F)(F)F)N[C@@H](c1cnn2cc([C@@H](NC(=O)c3cc(OCC(F)F)ccn3)C3CCC(F)(F)CC3)nc2c1)C1CC1. The molecule has 244 valence electrons. The van der Waals surface area contributed by atoms with Gasteiger partial charge in [-0.2, -0.15) is 18.3 Å². The molecule has 2 amide bonds. The first-order valence-corrected chi connectivity index (χ1v) is 14.5. The molecule has 3 aromatic heterocycles. The zero-order valence-electron chi connectivity index (χ0n) is 23.9. The summed E-state index contributed by atoms with van der Waals surface area (Å²) < 4.78 is 97.4. The number of nitrogens with zero attached hydrogens (tertiary/aromatic N) is 4. The number of hydrogen-bond acceptors (Lipinski definition) is 6. The molecule has 2 N–H and O–H groups in total. The van der Waals surface area contributed by atoms with Crippen LogP contribution in [0.15, 0.2) is 36.8 Å². The van der Waals surface area contributed by atoms with E-state index in [4.69, 9.17) is 4.74 Å². The first kappa shape index (κ1) is 32.4. The van der Waals surface area contributed by atoms with Gasteiger partial charge >= 0.3 is 6.18 Å². The van der Waals surface area contributed by atoms with E-state index in [-0.39, 0.29) is 43.0 Å². The second-order valence-electron chi connectivity index (χ2n) is 11.5. The molecule has 5 rings (SSSR count). The molecule has 0 spiro atoms. The van der Waals surface area contributed by atoms with Gasteiger partial charge in [-0.1, -0.05) is 0 Å². The molecular weight excluding hydrogens is 613 g/mol. The average Bonchev–Trinajstić information content (AvgIpc) is 3.74. The molecule has 45 heavy (non-hydrogen) atoms. The normalized spacial score (nSPS) is 18.5. The lowest BCUT2D eigenvalue weighted by molar-refractivity contribution is -0.144. The number of imidazole rings is 1. The van der Waals surface area contributed by atoms with Crippen LogP contribution in [0, 0.1) is 11.8 Å². The maximum absolute atomic E-state index is 14.0. The molecule has 0 bridgehead atoms. The number of carbonyl (C=O) groups excluding carboxylic acids is 2. The average molecular weight is 645 g/mol. The van der Waals surface area contributed by atoms with Gasteiger partial charge < -0.3 is 15.4 Å². The van der Waals surface area contributed by atoms with E-state index in [1.54, 1.807) is 12.3 Å². The van der Waals surface area contributed by atoms with Crippen LogP contribution in [-0.4, -0.2) is 56.5 Å². The Morgan fingerprint density at radius 1 is 1.04 bits per heavy atom. The smallest absolute Gasteiger partial charge is 0.389 e.